The Balaban J connectivity index is 1.45. The number of carbonyl (C=O) groups is 2. The maximum atomic E-state index is 14.3. The van der Waals surface area contributed by atoms with Crippen LogP contribution in [-0.2, 0) is 17.6 Å². The number of nitrogens with zero attached hydrogens (tertiary/aromatic N) is 4. The number of piperazine rings is 1. The summed E-state index contributed by atoms with van der Waals surface area (Å²) in [5, 5.41) is 0. The molecule has 0 radical (unpaired) electrons. The standard InChI is InChI=1S/C32H40N4O3/c1-22(2)17-27-20-34(31(38)39-32(3,4)5)15-16-35(27)30(37)28-29(23-11-7-6-8-12-23)36(21-33-28)26-18-24-13-9-10-14-25(24)19-26/h6-14,21-22,26-27H,15-20H2,1-5H3/t27-/m1/s1. The Bertz CT molecular complexity index is 1300. The minimum absolute atomic E-state index is 0.0717. The van der Waals surface area contributed by atoms with Crippen molar-refractivity contribution in [1.29, 1.82) is 0 Å². The van der Waals surface area contributed by atoms with Crippen molar-refractivity contribution in [3.63, 3.8) is 0 Å². The van der Waals surface area contributed by atoms with Gasteiger partial charge in [-0.15, -0.1) is 0 Å². The fourth-order valence-electron chi connectivity index (χ4n) is 5.91. The highest BCUT2D eigenvalue weighted by molar-refractivity contribution is 5.98. The van der Waals surface area contributed by atoms with E-state index in [-0.39, 0.29) is 24.1 Å². The third-order valence-electron chi connectivity index (χ3n) is 7.61. The van der Waals surface area contributed by atoms with E-state index in [1.165, 1.54) is 11.1 Å². The highest BCUT2D eigenvalue weighted by atomic mass is 16.6. The molecule has 0 unspecified atom stereocenters. The first kappa shape index (κ1) is 27.0. The van der Waals surface area contributed by atoms with E-state index in [2.05, 4.69) is 54.8 Å². The topological polar surface area (TPSA) is 67.7 Å². The van der Waals surface area contributed by atoms with Crippen molar-refractivity contribution < 1.29 is 14.3 Å². The highest BCUT2D eigenvalue weighted by Crippen LogP contribution is 2.35. The van der Waals surface area contributed by atoms with Gasteiger partial charge < -0.3 is 19.1 Å². The summed E-state index contributed by atoms with van der Waals surface area (Å²) in [6, 6.07) is 18.8. The molecule has 2 heterocycles. The van der Waals surface area contributed by atoms with E-state index in [0.29, 0.717) is 31.2 Å². The van der Waals surface area contributed by atoms with Gasteiger partial charge >= 0.3 is 6.09 Å². The van der Waals surface area contributed by atoms with Gasteiger partial charge in [-0.1, -0.05) is 68.4 Å². The molecule has 0 bridgehead atoms. The number of hydrogen-bond acceptors (Lipinski definition) is 4. The fourth-order valence-corrected chi connectivity index (χ4v) is 5.91. The molecule has 5 rings (SSSR count). The first-order chi connectivity index (χ1) is 18.6. The van der Waals surface area contributed by atoms with Gasteiger partial charge in [0.25, 0.3) is 5.91 Å². The van der Waals surface area contributed by atoms with Crippen LogP contribution in [0.15, 0.2) is 60.9 Å². The van der Waals surface area contributed by atoms with Crippen LogP contribution in [0.25, 0.3) is 11.3 Å². The molecule has 1 fully saturated rings. The van der Waals surface area contributed by atoms with Crippen molar-refractivity contribution in [3.8, 4) is 11.3 Å². The number of aromatic nitrogens is 2. The van der Waals surface area contributed by atoms with Gasteiger partial charge in [-0.3, -0.25) is 4.79 Å². The van der Waals surface area contributed by atoms with Crippen LogP contribution in [0.3, 0.4) is 0 Å². The lowest BCUT2D eigenvalue weighted by atomic mass is 9.99. The van der Waals surface area contributed by atoms with Gasteiger partial charge in [0.15, 0.2) is 5.69 Å². The summed E-state index contributed by atoms with van der Waals surface area (Å²) in [5.74, 6) is 0.296. The second-order valence-corrected chi connectivity index (χ2v) is 12.3. The Kier molecular flexibility index (Phi) is 7.52. The summed E-state index contributed by atoms with van der Waals surface area (Å²) in [6.07, 6.45) is 4.17. The maximum Gasteiger partial charge on any atom is 0.410 e. The van der Waals surface area contributed by atoms with Crippen molar-refractivity contribution in [2.24, 2.45) is 5.92 Å². The zero-order valence-corrected chi connectivity index (χ0v) is 23.8. The molecule has 3 aromatic rings. The van der Waals surface area contributed by atoms with Crippen LogP contribution in [-0.4, -0.2) is 62.6 Å². The Hall–Kier alpha value is -3.61. The molecule has 7 heteroatoms. The predicted octanol–water partition coefficient (Wildman–Crippen LogP) is 6.00. The Morgan fingerprint density at radius 1 is 0.974 bits per heavy atom. The molecule has 1 aromatic heterocycles. The fraction of sp³-hybridized carbons (Fsp3) is 0.469. The van der Waals surface area contributed by atoms with E-state index in [4.69, 9.17) is 9.72 Å². The van der Waals surface area contributed by atoms with E-state index >= 15 is 0 Å². The smallest absolute Gasteiger partial charge is 0.410 e. The van der Waals surface area contributed by atoms with E-state index in [1.807, 2.05) is 50.2 Å². The van der Waals surface area contributed by atoms with Crippen molar-refractivity contribution in [3.05, 3.63) is 77.7 Å². The molecule has 0 saturated carbocycles. The number of carbonyl (C=O) groups excluding carboxylic acids is 2. The van der Waals surface area contributed by atoms with Crippen LogP contribution in [0.2, 0.25) is 0 Å². The van der Waals surface area contributed by atoms with Crippen molar-refractivity contribution in [2.45, 2.75) is 71.6 Å². The first-order valence-corrected chi connectivity index (χ1v) is 14.1. The molecule has 0 N–H and O–H groups in total. The van der Waals surface area contributed by atoms with Gasteiger partial charge in [0.05, 0.1) is 18.1 Å². The number of rotatable bonds is 5. The molecule has 7 nitrogen and oxygen atoms in total. The quantitative estimate of drug-likeness (QED) is 0.408. The monoisotopic (exact) mass is 528 g/mol. The van der Waals surface area contributed by atoms with E-state index in [9.17, 15) is 9.59 Å². The van der Waals surface area contributed by atoms with Crippen LogP contribution in [0.1, 0.15) is 68.7 Å². The summed E-state index contributed by atoms with van der Waals surface area (Å²) >= 11 is 0. The Labute approximate surface area is 231 Å². The number of benzene rings is 2. The van der Waals surface area contributed by atoms with Crippen molar-refractivity contribution >= 4 is 12.0 Å². The third kappa shape index (κ3) is 5.87. The van der Waals surface area contributed by atoms with E-state index < -0.39 is 5.60 Å². The average Bonchev–Trinajstić information content (AvgIpc) is 3.52. The summed E-state index contributed by atoms with van der Waals surface area (Å²) < 4.78 is 7.85. The number of hydrogen-bond donors (Lipinski definition) is 0. The number of ether oxygens (including phenoxy) is 1. The maximum absolute atomic E-state index is 14.3. The number of amides is 2. The molecule has 1 aliphatic carbocycles. The minimum Gasteiger partial charge on any atom is -0.444 e. The molecule has 1 saturated heterocycles. The first-order valence-electron chi connectivity index (χ1n) is 14.1. The summed E-state index contributed by atoms with van der Waals surface area (Å²) in [4.78, 5) is 35.5. The number of imidazole rings is 1. The van der Waals surface area contributed by atoms with Crippen molar-refractivity contribution in [1.82, 2.24) is 19.4 Å². The molecule has 0 spiro atoms. The Morgan fingerprint density at radius 2 is 1.62 bits per heavy atom. The largest absolute Gasteiger partial charge is 0.444 e. The van der Waals surface area contributed by atoms with Crippen LogP contribution in [0, 0.1) is 5.92 Å². The molecule has 39 heavy (non-hydrogen) atoms. The SMILES string of the molecule is CC(C)C[C@@H]1CN(C(=O)OC(C)(C)C)CCN1C(=O)c1ncn(C2Cc3ccccc3C2)c1-c1ccccc1. The molecule has 2 amide bonds. The van der Waals surface area contributed by atoms with Crippen LogP contribution < -0.4 is 0 Å². The highest BCUT2D eigenvalue weighted by Gasteiger charge is 2.37. The normalized spacial score (nSPS) is 17.9. The van der Waals surface area contributed by atoms with Gasteiger partial charge in [0.1, 0.15) is 5.60 Å². The van der Waals surface area contributed by atoms with Gasteiger partial charge in [0, 0.05) is 31.2 Å². The van der Waals surface area contributed by atoms with Gasteiger partial charge in [-0.05, 0) is 57.1 Å². The van der Waals surface area contributed by atoms with Crippen LogP contribution in [0.4, 0.5) is 4.79 Å². The zero-order chi connectivity index (χ0) is 27.7. The molecule has 1 atom stereocenters. The lowest BCUT2D eigenvalue weighted by Gasteiger charge is -2.42. The molecular formula is C32H40N4O3. The van der Waals surface area contributed by atoms with Gasteiger partial charge in [-0.25, -0.2) is 9.78 Å². The van der Waals surface area contributed by atoms with Crippen LogP contribution >= 0.6 is 0 Å². The average molecular weight is 529 g/mol. The van der Waals surface area contributed by atoms with Crippen molar-refractivity contribution in [2.75, 3.05) is 19.6 Å². The molecular weight excluding hydrogens is 488 g/mol. The molecule has 1 aliphatic heterocycles. The lowest BCUT2D eigenvalue weighted by molar-refractivity contribution is 0.00209. The summed E-state index contributed by atoms with van der Waals surface area (Å²) in [5.41, 5.74) is 4.50. The summed E-state index contributed by atoms with van der Waals surface area (Å²) in [6.45, 7) is 11.3. The minimum atomic E-state index is -0.561. The molecule has 2 aliphatic rings. The third-order valence-corrected chi connectivity index (χ3v) is 7.61. The number of fused-ring (bicyclic) bond motifs is 1. The summed E-state index contributed by atoms with van der Waals surface area (Å²) in [7, 11) is 0. The van der Waals surface area contributed by atoms with E-state index in [0.717, 1.165) is 30.5 Å². The second kappa shape index (κ2) is 10.9. The second-order valence-electron chi connectivity index (χ2n) is 12.3. The molecule has 2 aromatic carbocycles. The van der Waals surface area contributed by atoms with Crippen LogP contribution in [0.5, 0.6) is 0 Å². The van der Waals surface area contributed by atoms with Gasteiger partial charge in [-0.2, -0.15) is 0 Å². The predicted molar refractivity (Wildman–Crippen MR) is 153 cm³/mol. The zero-order valence-electron chi connectivity index (χ0n) is 23.8. The van der Waals surface area contributed by atoms with Gasteiger partial charge in [0.2, 0.25) is 0 Å². The lowest BCUT2D eigenvalue weighted by Crippen LogP contribution is -2.57. The molecule has 206 valence electrons. The van der Waals surface area contributed by atoms with E-state index in [1.54, 1.807) is 4.90 Å². The Morgan fingerprint density at radius 3 is 2.23 bits per heavy atom.